The van der Waals surface area contributed by atoms with Crippen LogP contribution in [0.2, 0.25) is 0 Å². The van der Waals surface area contributed by atoms with Gasteiger partial charge in [-0.3, -0.25) is 4.79 Å². The van der Waals surface area contributed by atoms with Gasteiger partial charge in [0.05, 0.1) is 0 Å². The number of carbonyl (C=O) groups excluding carboxylic acids is 1. The van der Waals surface area contributed by atoms with E-state index in [0.717, 1.165) is 12.3 Å². The van der Waals surface area contributed by atoms with Crippen molar-refractivity contribution in [3.8, 4) is 0 Å². The monoisotopic (exact) mass is 264 g/mol. The zero-order valence-electron chi connectivity index (χ0n) is 13.2. The molecule has 2 unspecified atom stereocenters. The molecule has 0 bridgehead atoms. The molecule has 0 aromatic rings. The van der Waals surface area contributed by atoms with Gasteiger partial charge in [0.1, 0.15) is 5.78 Å². The van der Waals surface area contributed by atoms with Gasteiger partial charge in [-0.15, -0.1) is 0 Å². The second-order valence-corrected chi connectivity index (χ2v) is 7.59. The van der Waals surface area contributed by atoms with Crippen molar-refractivity contribution >= 4 is 5.78 Å². The van der Waals surface area contributed by atoms with Crippen molar-refractivity contribution < 1.29 is 4.79 Å². The highest BCUT2D eigenvalue weighted by Gasteiger charge is 2.44. The third kappa shape index (κ3) is 3.41. The Balaban J connectivity index is 2.06. The molecule has 1 heteroatoms. The highest BCUT2D eigenvalue weighted by atomic mass is 16.1. The summed E-state index contributed by atoms with van der Waals surface area (Å²) in [5, 5.41) is 0. The Morgan fingerprint density at radius 1 is 1.16 bits per heavy atom. The first-order valence-electron chi connectivity index (χ1n) is 8.61. The highest BCUT2D eigenvalue weighted by molar-refractivity contribution is 5.87. The lowest BCUT2D eigenvalue weighted by Gasteiger charge is -2.36. The molecule has 110 valence electrons. The molecule has 0 radical (unpaired) electrons. The largest absolute Gasteiger partial charge is 0.299 e. The van der Waals surface area contributed by atoms with E-state index in [4.69, 9.17) is 0 Å². The second-order valence-electron chi connectivity index (χ2n) is 7.59. The Kier molecular flexibility index (Phi) is 5.09. The van der Waals surface area contributed by atoms with E-state index < -0.39 is 0 Å². The molecule has 2 aliphatic rings. The van der Waals surface area contributed by atoms with E-state index in [2.05, 4.69) is 20.8 Å². The van der Waals surface area contributed by atoms with E-state index in [-0.39, 0.29) is 5.41 Å². The lowest BCUT2D eigenvalue weighted by molar-refractivity contribution is -0.135. The van der Waals surface area contributed by atoms with E-state index in [0.29, 0.717) is 17.6 Å². The molecule has 0 amide bonds. The molecule has 2 aliphatic carbocycles. The maximum absolute atomic E-state index is 13.1. The smallest absolute Gasteiger partial charge is 0.142 e. The lowest BCUT2D eigenvalue weighted by atomic mass is 9.67. The summed E-state index contributed by atoms with van der Waals surface area (Å²) >= 11 is 0. The summed E-state index contributed by atoms with van der Waals surface area (Å²) in [4.78, 5) is 13.1. The summed E-state index contributed by atoms with van der Waals surface area (Å²) in [5.74, 6) is 2.54. The molecule has 0 heterocycles. The van der Waals surface area contributed by atoms with Crippen molar-refractivity contribution in [3.63, 3.8) is 0 Å². The van der Waals surface area contributed by atoms with Gasteiger partial charge in [0.2, 0.25) is 0 Å². The van der Waals surface area contributed by atoms with E-state index in [1.807, 2.05) is 0 Å². The third-order valence-corrected chi connectivity index (χ3v) is 5.61. The van der Waals surface area contributed by atoms with Crippen LogP contribution in [0.4, 0.5) is 0 Å². The molecule has 0 aromatic carbocycles. The fraction of sp³-hybridized carbons (Fsp3) is 0.944. The van der Waals surface area contributed by atoms with Gasteiger partial charge < -0.3 is 0 Å². The summed E-state index contributed by atoms with van der Waals surface area (Å²) in [6, 6.07) is 0. The van der Waals surface area contributed by atoms with E-state index in [1.165, 1.54) is 57.8 Å². The molecule has 0 spiro atoms. The zero-order chi connectivity index (χ0) is 13.9. The van der Waals surface area contributed by atoms with Crippen LogP contribution in [0.5, 0.6) is 0 Å². The molecular weight excluding hydrogens is 232 g/mol. The summed E-state index contributed by atoms with van der Waals surface area (Å²) in [6.45, 7) is 6.85. The minimum Gasteiger partial charge on any atom is -0.299 e. The van der Waals surface area contributed by atoms with E-state index in [9.17, 15) is 4.79 Å². The maximum atomic E-state index is 13.1. The SMILES string of the molecule is CCC1CCCC(C(=O)C2(CC(C)C)CCCC2)C1. The molecule has 2 saturated carbocycles. The number of ketones is 1. The first-order chi connectivity index (χ1) is 9.07. The highest BCUT2D eigenvalue weighted by Crippen LogP contribution is 2.48. The number of hydrogen-bond acceptors (Lipinski definition) is 1. The molecule has 2 fully saturated rings. The van der Waals surface area contributed by atoms with Crippen molar-refractivity contribution in [1.29, 1.82) is 0 Å². The van der Waals surface area contributed by atoms with Crippen LogP contribution >= 0.6 is 0 Å². The Morgan fingerprint density at radius 2 is 1.84 bits per heavy atom. The number of hydrogen-bond donors (Lipinski definition) is 0. The van der Waals surface area contributed by atoms with Crippen molar-refractivity contribution in [2.45, 2.75) is 85.0 Å². The maximum Gasteiger partial charge on any atom is 0.142 e. The van der Waals surface area contributed by atoms with Gasteiger partial charge in [-0.25, -0.2) is 0 Å². The van der Waals surface area contributed by atoms with Crippen molar-refractivity contribution in [2.75, 3.05) is 0 Å². The molecular formula is C18H32O. The van der Waals surface area contributed by atoms with Gasteiger partial charge in [-0.2, -0.15) is 0 Å². The molecule has 19 heavy (non-hydrogen) atoms. The van der Waals surface area contributed by atoms with E-state index in [1.54, 1.807) is 0 Å². The summed E-state index contributed by atoms with van der Waals surface area (Å²) in [6.07, 6.45) is 12.3. The van der Waals surface area contributed by atoms with Crippen LogP contribution in [0, 0.1) is 23.2 Å². The predicted molar refractivity (Wildman–Crippen MR) is 81.1 cm³/mol. The minimum atomic E-state index is 0.0778. The minimum absolute atomic E-state index is 0.0778. The van der Waals surface area contributed by atoms with Gasteiger partial charge >= 0.3 is 0 Å². The Labute approximate surface area is 119 Å². The standard InChI is InChI=1S/C18H32O/c1-4-15-8-7-9-16(12-15)17(19)18(13-14(2)3)10-5-6-11-18/h14-16H,4-13H2,1-3H3. The van der Waals surface area contributed by atoms with Crippen LogP contribution in [-0.2, 0) is 4.79 Å². The average Bonchev–Trinajstić information content (AvgIpc) is 2.86. The van der Waals surface area contributed by atoms with Gasteiger partial charge in [-0.05, 0) is 43.9 Å². The lowest BCUT2D eigenvalue weighted by Crippen LogP contribution is -2.37. The first kappa shape index (κ1) is 15.1. The first-order valence-corrected chi connectivity index (χ1v) is 8.61. The van der Waals surface area contributed by atoms with Gasteiger partial charge in [0, 0.05) is 11.3 Å². The van der Waals surface area contributed by atoms with Gasteiger partial charge in [-0.1, -0.05) is 52.9 Å². The molecule has 1 nitrogen and oxygen atoms in total. The molecule has 2 rings (SSSR count). The fourth-order valence-electron chi connectivity index (χ4n) is 4.72. The van der Waals surface area contributed by atoms with Crippen LogP contribution in [0.1, 0.15) is 85.0 Å². The third-order valence-electron chi connectivity index (χ3n) is 5.61. The zero-order valence-corrected chi connectivity index (χ0v) is 13.2. The molecule has 0 N–H and O–H groups in total. The van der Waals surface area contributed by atoms with Crippen molar-refractivity contribution in [3.05, 3.63) is 0 Å². The number of rotatable bonds is 5. The quantitative estimate of drug-likeness (QED) is 0.651. The van der Waals surface area contributed by atoms with Crippen LogP contribution in [0.3, 0.4) is 0 Å². The van der Waals surface area contributed by atoms with Gasteiger partial charge in [0.25, 0.3) is 0 Å². The van der Waals surface area contributed by atoms with Crippen LogP contribution in [0.15, 0.2) is 0 Å². The Hall–Kier alpha value is -0.330. The molecule has 0 saturated heterocycles. The average molecular weight is 264 g/mol. The molecule has 2 atom stereocenters. The van der Waals surface area contributed by atoms with Crippen LogP contribution in [0.25, 0.3) is 0 Å². The van der Waals surface area contributed by atoms with E-state index >= 15 is 0 Å². The van der Waals surface area contributed by atoms with Crippen LogP contribution in [-0.4, -0.2) is 5.78 Å². The molecule has 0 aliphatic heterocycles. The van der Waals surface area contributed by atoms with Gasteiger partial charge in [0.15, 0.2) is 0 Å². The topological polar surface area (TPSA) is 17.1 Å². The summed E-state index contributed by atoms with van der Waals surface area (Å²) in [7, 11) is 0. The predicted octanol–water partition coefficient (Wildman–Crippen LogP) is 5.38. The Morgan fingerprint density at radius 3 is 2.42 bits per heavy atom. The van der Waals surface area contributed by atoms with Crippen LogP contribution < -0.4 is 0 Å². The fourth-order valence-corrected chi connectivity index (χ4v) is 4.72. The molecule has 0 aromatic heterocycles. The number of carbonyl (C=O) groups is 1. The van der Waals surface area contributed by atoms with Crippen molar-refractivity contribution in [2.24, 2.45) is 23.2 Å². The van der Waals surface area contributed by atoms with Crippen molar-refractivity contribution in [1.82, 2.24) is 0 Å². The number of Topliss-reactive ketones (excluding diaryl/α,β-unsaturated/α-hetero) is 1. The normalized spacial score (nSPS) is 30.7. The Bertz CT molecular complexity index is 299. The summed E-state index contributed by atoms with van der Waals surface area (Å²) in [5.41, 5.74) is 0.0778. The second kappa shape index (κ2) is 6.41. The summed E-state index contributed by atoms with van der Waals surface area (Å²) < 4.78 is 0.